The van der Waals surface area contributed by atoms with E-state index >= 15 is 0 Å². The molecule has 2 heteroatoms. The fraction of sp³-hybridized carbons (Fsp3) is 1.00. The maximum absolute atomic E-state index is 13.7. The second-order valence-corrected chi connectivity index (χ2v) is 4.86. The Labute approximate surface area is 94.6 Å². The van der Waals surface area contributed by atoms with Crippen molar-refractivity contribution in [1.82, 2.24) is 0 Å². The Morgan fingerprint density at radius 3 is 2.13 bits per heavy atom. The first-order chi connectivity index (χ1) is 7.13. The highest BCUT2D eigenvalue weighted by molar-refractivity contribution is 4.73. The summed E-state index contributed by atoms with van der Waals surface area (Å²) in [7, 11) is 0. The third-order valence-corrected chi connectivity index (χ3v) is 3.18. The van der Waals surface area contributed by atoms with Gasteiger partial charge in [0.1, 0.15) is 6.17 Å². The van der Waals surface area contributed by atoms with Crippen LogP contribution in [0.3, 0.4) is 0 Å². The molecule has 1 nitrogen and oxygen atoms in total. The molecule has 0 saturated heterocycles. The average Bonchev–Trinajstić information content (AvgIpc) is 2.18. The highest BCUT2D eigenvalue weighted by Crippen LogP contribution is 2.22. The van der Waals surface area contributed by atoms with E-state index in [1.165, 1.54) is 25.7 Å². The summed E-state index contributed by atoms with van der Waals surface area (Å²) in [5, 5.41) is 0. The van der Waals surface area contributed by atoms with E-state index in [-0.39, 0.29) is 5.92 Å². The number of halogens is 1. The first kappa shape index (κ1) is 14.9. The van der Waals surface area contributed by atoms with Gasteiger partial charge in [-0.1, -0.05) is 52.9 Å². The summed E-state index contributed by atoms with van der Waals surface area (Å²) in [6.07, 6.45) is 5.96. The first-order valence-corrected chi connectivity index (χ1v) is 6.47. The largest absolute Gasteiger partial charge is 0.330 e. The zero-order chi connectivity index (χ0) is 11.7. The van der Waals surface area contributed by atoms with Gasteiger partial charge >= 0.3 is 0 Å². The summed E-state index contributed by atoms with van der Waals surface area (Å²) in [4.78, 5) is 0. The fourth-order valence-corrected chi connectivity index (χ4v) is 1.99. The van der Waals surface area contributed by atoms with Gasteiger partial charge in [0.15, 0.2) is 0 Å². The molecule has 0 radical (unpaired) electrons. The molecular weight excluding hydrogens is 189 g/mol. The van der Waals surface area contributed by atoms with Gasteiger partial charge in [-0.3, -0.25) is 0 Å². The van der Waals surface area contributed by atoms with Crippen molar-refractivity contribution < 1.29 is 4.39 Å². The number of unbranched alkanes of at least 4 members (excludes halogenated alkanes) is 4. The molecule has 0 amide bonds. The third kappa shape index (κ3) is 6.88. The molecule has 2 unspecified atom stereocenters. The van der Waals surface area contributed by atoms with Gasteiger partial charge < -0.3 is 5.73 Å². The Balaban J connectivity index is 3.57. The molecule has 0 aliphatic carbocycles. The molecule has 0 rings (SSSR count). The second kappa shape index (κ2) is 9.14. The molecule has 2 N–H and O–H groups in total. The number of hydrogen-bond acceptors (Lipinski definition) is 1. The minimum absolute atomic E-state index is 0.0520. The SMILES string of the molecule is CCCCCCCC(F)C(CN)C(C)C. The lowest BCUT2D eigenvalue weighted by Crippen LogP contribution is -2.29. The zero-order valence-electron chi connectivity index (χ0n) is 10.6. The number of rotatable bonds is 9. The lowest BCUT2D eigenvalue weighted by atomic mass is 9.88. The van der Waals surface area contributed by atoms with Crippen LogP contribution < -0.4 is 5.73 Å². The summed E-state index contributed by atoms with van der Waals surface area (Å²) in [6, 6.07) is 0. The Bertz CT molecular complexity index is 136. The molecule has 0 aromatic heterocycles. The molecular formula is C13H28FN. The molecule has 0 aromatic carbocycles. The van der Waals surface area contributed by atoms with E-state index in [1.54, 1.807) is 0 Å². The van der Waals surface area contributed by atoms with Crippen LogP contribution in [0.4, 0.5) is 4.39 Å². The number of hydrogen-bond donors (Lipinski definition) is 1. The molecule has 0 aromatic rings. The van der Waals surface area contributed by atoms with E-state index in [0.29, 0.717) is 18.9 Å². The van der Waals surface area contributed by atoms with Gasteiger partial charge in [-0.2, -0.15) is 0 Å². The molecule has 0 heterocycles. The lowest BCUT2D eigenvalue weighted by molar-refractivity contribution is 0.171. The van der Waals surface area contributed by atoms with Gasteiger partial charge in [0, 0.05) is 5.92 Å². The Hall–Kier alpha value is -0.110. The van der Waals surface area contributed by atoms with Crippen LogP contribution in [0.5, 0.6) is 0 Å². The molecule has 0 aliphatic heterocycles. The summed E-state index contributed by atoms with van der Waals surface area (Å²) in [6.45, 7) is 6.79. The number of nitrogens with two attached hydrogens (primary N) is 1. The van der Waals surface area contributed by atoms with Gasteiger partial charge in [-0.25, -0.2) is 4.39 Å². The van der Waals surface area contributed by atoms with E-state index in [9.17, 15) is 4.39 Å². The van der Waals surface area contributed by atoms with Crippen LogP contribution in [0.25, 0.3) is 0 Å². The molecule has 0 saturated carbocycles. The Morgan fingerprint density at radius 2 is 1.67 bits per heavy atom. The Kier molecular flexibility index (Phi) is 9.07. The molecule has 0 fully saturated rings. The predicted molar refractivity (Wildman–Crippen MR) is 65.7 cm³/mol. The van der Waals surface area contributed by atoms with Crippen LogP contribution in [0, 0.1) is 11.8 Å². The highest BCUT2D eigenvalue weighted by atomic mass is 19.1. The molecule has 0 spiro atoms. The van der Waals surface area contributed by atoms with E-state index in [4.69, 9.17) is 5.73 Å². The molecule has 0 aliphatic rings. The standard InChI is InChI=1S/C13H28FN/c1-4-5-6-7-8-9-13(14)12(10-15)11(2)3/h11-13H,4-10,15H2,1-3H3. The summed E-state index contributed by atoms with van der Waals surface area (Å²) in [5.74, 6) is 0.414. The maximum Gasteiger partial charge on any atom is 0.104 e. The quantitative estimate of drug-likeness (QED) is 0.582. The van der Waals surface area contributed by atoms with E-state index in [1.807, 2.05) is 0 Å². The van der Waals surface area contributed by atoms with Crippen molar-refractivity contribution in [3.05, 3.63) is 0 Å². The molecule has 0 bridgehead atoms. The monoisotopic (exact) mass is 217 g/mol. The topological polar surface area (TPSA) is 26.0 Å². The van der Waals surface area contributed by atoms with Crippen LogP contribution in [0.1, 0.15) is 59.3 Å². The van der Waals surface area contributed by atoms with Gasteiger partial charge in [0.05, 0.1) is 0 Å². The smallest absolute Gasteiger partial charge is 0.104 e. The first-order valence-electron chi connectivity index (χ1n) is 6.47. The van der Waals surface area contributed by atoms with Gasteiger partial charge in [-0.05, 0) is 18.9 Å². The third-order valence-electron chi connectivity index (χ3n) is 3.18. The van der Waals surface area contributed by atoms with Gasteiger partial charge in [0.25, 0.3) is 0 Å². The van der Waals surface area contributed by atoms with Crippen molar-refractivity contribution in [2.24, 2.45) is 17.6 Å². The van der Waals surface area contributed by atoms with Crippen LogP contribution in [0.2, 0.25) is 0 Å². The maximum atomic E-state index is 13.7. The van der Waals surface area contributed by atoms with Gasteiger partial charge in [-0.15, -0.1) is 0 Å². The predicted octanol–water partition coefficient (Wildman–Crippen LogP) is 3.92. The molecule has 2 atom stereocenters. The van der Waals surface area contributed by atoms with Gasteiger partial charge in [0.2, 0.25) is 0 Å². The highest BCUT2D eigenvalue weighted by Gasteiger charge is 2.22. The molecule has 92 valence electrons. The van der Waals surface area contributed by atoms with E-state index in [2.05, 4.69) is 20.8 Å². The number of alkyl halides is 1. The minimum Gasteiger partial charge on any atom is -0.330 e. The van der Waals surface area contributed by atoms with Crippen LogP contribution >= 0.6 is 0 Å². The van der Waals surface area contributed by atoms with Crippen molar-refractivity contribution in [3.8, 4) is 0 Å². The fourth-order valence-electron chi connectivity index (χ4n) is 1.99. The average molecular weight is 217 g/mol. The van der Waals surface area contributed by atoms with Crippen molar-refractivity contribution in [2.75, 3.05) is 6.54 Å². The van der Waals surface area contributed by atoms with E-state index in [0.717, 1.165) is 6.42 Å². The zero-order valence-corrected chi connectivity index (χ0v) is 10.6. The van der Waals surface area contributed by atoms with Crippen molar-refractivity contribution >= 4 is 0 Å². The van der Waals surface area contributed by atoms with Crippen molar-refractivity contribution in [1.29, 1.82) is 0 Å². The van der Waals surface area contributed by atoms with Crippen LogP contribution in [-0.4, -0.2) is 12.7 Å². The minimum atomic E-state index is -0.698. The van der Waals surface area contributed by atoms with Crippen LogP contribution in [-0.2, 0) is 0 Å². The normalized spacial score (nSPS) is 15.6. The summed E-state index contributed by atoms with van der Waals surface area (Å²) < 4.78 is 13.7. The van der Waals surface area contributed by atoms with E-state index < -0.39 is 6.17 Å². The van der Waals surface area contributed by atoms with Crippen molar-refractivity contribution in [3.63, 3.8) is 0 Å². The van der Waals surface area contributed by atoms with Crippen molar-refractivity contribution in [2.45, 2.75) is 65.5 Å². The molecule has 15 heavy (non-hydrogen) atoms. The lowest BCUT2D eigenvalue weighted by Gasteiger charge is -2.22. The summed E-state index contributed by atoms with van der Waals surface area (Å²) >= 11 is 0. The second-order valence-electron chi connectivity index (χ2n) is 4.86. The summed E-state index contributed by atoms with van der Waals surface area (Å²) in [5.41, 5.74) is 5.59. The Morgan fingerprint density at radius 1 is 1.07 bits per heavy atom. The van der Waals surface area contributed by atoms with Crippen LogP contribution in [0.15, 0.2) is 0 Å².